The number of sulfonamides is 1. The average molecular weight is 527 g/mol. The normalized spacial score (nSPS) is 11.0. The minimum atomic E-state index is -4.11. The number of rotatable bonds is 13. The van der Waals surface area contributed by atoms with E-state index in [1.54, 1.807) is 24.3 Å². The molecule has 1 N–H and O–H groups in total. The van der Waals surface area contributed by atoms with Crippen LogP contribution >= 0.6 is 0 Å². The van der Waals surface area contributed by atoms with Crippen LogP contribution < -0.4 is 23.8 Å². The van der Waals surface area contributed by atoms with Crippen molar-refractivity contribution in [1.82, 2.24) is 5.32 Å². The lowest BCUT2D eigenvalue weighted by molar-refractivity contribution is -0.119. The monoisotopic (exact) mass is 526 g/mol. The second-order valence-electron chi connectivity index (χ2n) is 8.40. The summed E-state index contributed by atoms with van der Waals surface area (Å²) in [6.45, 7) is 4.44. The van der Waals surface area contributed by atoms with Gasteiger partial charge in [0.25, 0.3) is 10.0 Å². The van der Waals surface area contributed by atoms with Crippen LogP contribution in [0.1, 0.15) is 24.5 Å². The van der Waals surface area contributed by atoms with E-state index in [1.807, 2.05) is 26.0 Å². The van der Waals surface area contributed by atoms with Gasteiger partial charge in [0.2, 0.25) is 5.91 Å². The first kappa shape index (κ1) is 27.9. The van der Waals surface area contributed by atoms with Crippen molar-refractivity contribution in [2.75, 3.05) is 38.2 Å². The molecule has 9 heteroatoms. The number of benzene rings is 3. The molecule has 0 heterocycles. The van der Waals surface area contributed by atoms with Gasteiger partial charge in [-0.1, -0.05) is 29.8 Å². The topological polar surface area (TPSA) is 94.2 Å². The highest BCUT2D eigenvalue weighted by atomic mass is 32.2. The van der Waals surface area contributed by atoms with Gasteiger partial charge >= 0.3 is 0 Å². The zero-order chi connectivity index (χ0) is 26.8. The molecule has 0 spiro atoms. The number of hydrogen-bond acceptors (Lipinski definition) is 6. The molecule has 198 valence electrons. The largest absolute Gasteiger partial charge is 0.494 e. The number of carbonyl (C=O) groups excluding carboxylic acids is 1. The second kappa shape index (κ2) is 13.0. The molecular weight excluding hydrogens is 492 g/mol. The third-order valence-corrected chi connectivity index (χ3v) is 7.48. The Labute approximate surface area is 219 Å². The molecule has 0 aliphatic rings. The van der Waals surface area contributed by atoms with Crippen LogP contribution in [-0.4, -0.2) is 48.2 Å². The molecule has 8 nitrogen and oxygen atoms in total. The molecule has 0 aliphatic carbocycles. The summed E-state index contributed by atoms with van der Waals surface area (Å²) in [5, 5.41) is 2.85. The molecule has 0 atom stereocenters. The highest BCUT2D eigenvalue weighted by Gasteiger charge is 2.28. The van der Waals surface area contributed by atoms with Crippen molar-refractivity contribution < 1.29 is 27.4 Å². The quantitative estimate of drug-likeness (QED) is 0.333. The van der Waals surface area contributed by atoms with E-state index in [2.05, 4.69) is 17.4 Å². The Hall–Kier alpha value is -3.72. The predicted octanol–water partition coefficient (Wildman–Crippen LogP) is 4.36. The van der Waals surface area contributed by atoms with Crippen molar-refractivity contribution >= 4 is 21.6 Å². The summed E-state index contributed by atoms with van der Waals surface area (Å²) in [6, 6.07) is 19.1. The number of nitrogens with zero attached hydrogens (tertiary/aromatic N) is 1. The van der Waals surface area contributed by atoms with E-state index < -0.39 is 15.9 Å². The minimum Gasteiger partial charge on any atom is -0.494 e. The van der Waals surface area contributed by atoms with E-state index in [0.29, 0.717) is 30.3 Å². The second-order valence-corrected chi connectivity index (χ2v) is 10.3. The molecule has 3 rings (SSSR count). The van der Waals surface area contributed by atoms with Gasteiger partial charge in [0.1, 0.15) is 12.3 Å². The molecule has 0 bridgehead atoms. The average Bonchev–Trinajstić information content (AvgIpc) is 2.90. The van der Waals surface area contributed by atoms with E-state index in [0.717, 1.165) is 17.1 Å². The molecule has 0 radical (unpaired) electrons. The standard InChI is InChI=1S/C28H34N2O6S/c1-5-36-24-13-11-23(12-14-24)30(37(32,33)25-15-16-26(34-3)27(19-25)35-4)20-28(31)29-17-7-10-22-9-6-8-21(2)18-22/h6,8-9,11-16,18-19H,5,7,10,17,20H2,1-4H3,(H,29,31). The third-order valence-electron chi connectivity index (χ3n) is 5.71. The number of nitrogens with one attached hydrogen (secondary N) is 1. The number of methoxy groups -OCH3 is 2. The fraction of sp³-hybridized carbons (Fsp3) is 0.321. The van der Waals surface area contributed by atoms with Gasteiger partial charge in [0, 0.05) is 12.6 Å². The van der Waals surface area contributed by atoms with E-state index in [4.69, 9.17) is 14.2 Å². The van der Waals surface area contributed by atoms with Crippen LogP contribution in [0.5, 0.6) is 17.2 Å². The van der Waals surface area contributed by atoms with Crippen LogP contribution in [0.3, 0.4) is 0 Å². The zero-order valence-electron chi connectivity index (χ0n) is 21.7. The van der Waals surface area contributed by atoms with Crippen molar-refractivity contribution in [3.05, 3.63) is 77.9 Å². The lowest BCUT2D eigenvalue weighted by Crippen LogP contribution is -2.41. The molecule has 0 aliphatic heterocycles. The molecule has 3 aromatic rings. The van der Waals surface area contributed by atoms with Crippen molar-refractivity contribution in [2.24, 2.45) is 0 Å². The molecule has 3 aromatic carbocycles. The molecule has 0 saturated carbocycles. The van der Waals surface area contributed by atoms with Gasteiger partial charge in [0.15, 0.2) is 11.5 Å². The lowest BCUT2D eigenvalue weighted by atomic mass is 10.1. The van der Waals surface area contributed by atoms with E-state index in [-0.39, 0.29) is 17.2 Å². The molecule has 1 amide bonds. The van der Waals surface area contributed by atoms with Gasteiger partial charge in [-0.2, -0.15) is 0 Å². The Morgan fingerprint density at radius 3 is 2.32 bits per heavy atom. The third kappa shape index (κ3) is 7.39. The van der Waals surface area contributed by atoms with Crippen molar-refractivity contribution in [3.8, 4) is 17.2 Å². The van der Waals surface area contributed by atoms with Crippen molar-refractivity contribution in [2.45, 2.75) is 31.6 Å². The zero-order valence-corrected chi connectivity index (χ0v) is 22.5. The van der Waals surface area contributed by atoms with E-state index in [1.165, 1.54) is 43.5 Å². The number of anilines is 1. The molecule has 0 unspecified atom stereocenters. The highest BCUT2D eigenvalue weighted by Crippen LogP contribution is 2.32. The number of ether oxygens (including phenoxy) is 3. The van der Waals surface area contributed by atoms with E-state index >= 15 is 0 Å². The number of amides is 1. The van der Waals surface area contributed by atoms with Gasteiger partial charge < -0.3 is 19.5 Å². The van der Waals surface area contributed by atoms with Crippen LogP contribution in [0.15, 0.2) is 71.6 Å². The summed E-state index contributed by atoms with van der Waals surface area (Å²) in [5.41, 5.74) is 2.72. The minimum absolute atomic E-state index is 0.0220. The van der Waals surface area contributed by atoms with Gasteiger partial charge in [0.05, 0.1) is 31.4 Å². The maximum absolute atomic E-state index is 13.7. The predicted molar refractivity (Wildman–Crippen MR) is 144 cm³/mol. The number of carbonyl (C=O) groups is 1. The van der Waals surface area contributed by atoms with Gasteiger partial charge in [-0.25, -0.2) is 8.42 Å². The Kier molecular flexibility index (Phi) is 9.79. The van der Waals surface area contributed by atoms with Crippen LogP contribution in [0.25, 0.3) is 0 Å². The smallest absolute Gasteiger partial charge is 0.264 e. The first-order valence-corrected chi connectivity index (χ1v) is 13.5. The summed E-state index contributed by atoms with van der Waals surface area (Å²) in [4.78, 5) is 12.9. The van der Waals surface area contributed by atoms with E-state index in [9.17, 15) is 13.2 Å². The van der Waals surface area contributed by atoms with Gasteiger partial charge in [-0.05, 0) is 68.7 Å². The van der Waals surface area contributed by atoms with Crippen molar-refractivity contribution in [3.63, 3.8) is 0 Å². The van der Waals surface area contributed by atoms with Crippen LogP contribution in [0.4, 0.5) is 5.69 Å². The summed E-state index contributed by atoms with van der Waals surface area (Å²) in [5.74, 6) is 0.883. The maximum Gasteiger partial charge on any atom is 0.264 e. The molecule has 37 heavy (non-hydrogen) atoms. The van der Waals surface area contributed by atoms with Crippen LogP contribution in [-0.2, 0) is 21.2 Å². The SMILES string of the molecule is CCOc1ccc(N(CC(=O)NCCCc2cccc(C)c2)S(=O)(=O)c2ccc(OC)c(OC)c2)cc1. The summed E-state index contributed by atoms with van der Waals surface area (Å²) >= 11 is 0. The maximum atomic E-state index is 13.7. The summed E-state index contributed by atoms with van der Waals surface area (Å²) in [6.07, 6.45) is 1.55. The van der Waals surface area contributed by atoms with Crippen LogP contribution in [0.2, 0.25) is 0 Å². The molecule has 0 saturated heterocycles. The van der Waals surface area contributed by atoms with Gasteiger partial charge in [-0.3, -0.25) is 9.10 Å². The Bertz CT molecular complexity index is 1290. The summed E-state index contributed by atoms with van der Waals surface area (Å²) in [7, 11) is -1.21. The van der Waals surface area contributed by atoms with Gasteiger partial charge in [-0.15, -0.1) is 0 Å². The Morgan fingerprint density at radius 1 is 0.946 bits per heavy atom. The number of hydrogen-bond donors (Lipinski definition) is 1. The van der Waals surface area contributed by atoms with Crippen molar-refractivity contribution in [1.29, 1.82) is 0 Å². The highest BCUT2D eigenvalue weighted by molar-refractivity contribution is 7.92. The lowest BCUT2D eigenvalue weighted by Gasteiger charge is -2.24. The Balaban J connectivity index is 1.79. The first-order chi connectivity index (χ1) is 17.8. The first-order valence-electron chi connectivity index (χ1n) is 12.1. The molecular formula is C28H34N2O6S. The fourth-order valence-electron chi connectivity index (χ4n) is 3.87. The molecule has 0 aromatic heterocycles. The van der Waals surface area contributed by atoms with Crippen LogP contribution in [0, 0.1) is 6.92 Å². The fourth-order valence-corrected chi connectivity index (χ4v) is 5.31. The Morgan fingerprint density at radius 2 is 1.68 bits per heavy atom. The number of aryl methyl sites for hydroxylation is 2. The summed E-state index contributed by atoms with van der Waals surface area (Å²) < 4.78 is 44.5. The molecule has 0 fully saturated rings.